The lowest BCUT2D eigenvalue weighted by atomic mass is 9.96. The van der Waals surface area contributed by atoms with Crippen molar-refractivity contribution in [2.75, 3.05) is 37.6 Å². The summed E-state index contributed by atoms with van der Waals surface area (Å²) >= 11 is 0. The summed E-state index contributed by atoms with van der Waals surface area (Å²) in [5.74, 6) is -0.133. The number of rotatable bonds is 6. The minimum absolute atomic E-state index is 0. The molecule has 1 aromatic carbocycles. The summed E-state index contributed by atoms with van der Waals surface area (Å²) in [6.45, 7) is 2.37. The van der Waals surface area contributed by atoms with Crippen molar-refractivity contribution in [3.05, 3.63) is 29.8 Å². The van der Waals surface area contributed by atoms with Crippen LogP contribution in [-0.4, -0.2) is 55.3 Å². The number of nitrogens with one attached hydrogen (secondary N) is 1. The van der Waals surface area contributed by atoms with Gasteiger partial charge in [-0.1, -0.05) is 18.2 Å². The molecule has 3 amide bonds. The van der Waals surface area contributed by atoms with Gasteiger partial charge in [0.1, 0.15) is 0 Å². The summed E-state index contributed by atoms with van der Waals surface area (Å²) in [5.41, 5.74) is 7.49. The number of likely N-dealkylation sites (tertiary alicyclic amines) is 1. The maximum absolute atomic E-state index is 12.7. The number of hydrogen-bond acceptors (Lipinski definition) is 4. The van der Waals surface area contributed by atoms with Crippen molar-refractivity contribution in [3.63, 3.8) is 0 Å². The number of benzene rings is 1. The molecule has 2 aliphatic heterocycles. The average Bonchev–Trinajstić information content (AvgIpc) is 2.71. The lowest BCUT2D eigenvalue weighted by Gasteiger charge is -2.33. The van der Waals surface area contributed by atoms with Crippen molar-refractivity contribution in [3.8, 4) is 0 Å². The smallest absolute Gasteiger partial charge is 0.227 e. The number of halogens is 1. The third-order valence-electron chi connectivity index (χ3n) is 5.33. The molecule has 0 saturated carbocycles. The van der Waals surface area contributed by atoms with Gasteiger partial charge >= 0.3 is 0 Å². The van der Waals surface area contributed by atoms with Crippen LogP contribution in [0.1, 0.15) is 31.2 Å². The normalized spacial score (nSPS) is 18.9. The number of aryl methyl sites for hydroxylation is 1. The Morgan fingerprint density at radius 1 is 1.21 bits per heavy atom. The molecular weight excluding hydrogens is 380 g/mol. The molecule has 28 heavy (non-hydrogen) atoms. The Balaban J connectivity index is 0.00000280. The van der Waals surface area contributed by atoms with Gasteiger partial charge in [-0.3, -0.25) is 14.4 Å². The van der Waals surface area contributed by atoms with Crippen LogP contribution in [0.2, 0.25) is 0 Å². The molecule has 0 bridgehead atoms. The number of hydrogen-bond donors (Lipinski definition) is 2. The van der Waals surface area contributed by atoms with Crippen LogP contribution in [0.25, 0.3) is 0 Å². The molecule has 2 aliphatic rings. The Bertz CT molecular complexity index is 712. The Kier molecular flexibility index (Phi) is 8.26. The lowest BCUT2D eigenvalue weighted by Crippen LogP contribution is -2.47. The number of piperidine rings is 1. The Morgan fingerprint density at radius 2 is 2.00 bits per heavy atom. The molecule has 0 aromatic heterocycles. The maximum Gasteiger partial charge on any atom is 0.227 e. The molecule has 1 unspecified atom stereocenters. The van der Waals surface area contributed by atoms with Gasteiger partial charge in [-0.05, 0) is 30.9 Å². The molecule has 0 aliphatic carbocycles. The van der Waals surface area contributed by atoms with Crippen molar-refractivity contribution >= 4 is 35.8 Å². The Hall–Kier alpha value is -2.12. The second kappa shape index (κ2) is 10.4. The molecule has 3 rings (SSSR count). The molecule has 1 aromatic rings. The predicted molar refractivity (Wildman–Crippen MR) is 110 cm³/mol. The highest BCUT2D eigenvalue weighted by molar-refractivity contribution is 5.97. The van der Waals surface area contributed by atoms with Crippen molar-refractivity contribution < 1.29 is 14.4 Å². The first-order valence-corrected chi connectivity index (χ1v) is 9.74. The summed E-state index contributed by atoms with van der Waals surface area (Å²) in [4.78, 5) is 40.6. The largest absolute Gasteiger partial charge is 0.355 e. The third-order valence-corrected chi connectivity index (χ3v) is 5.33. The number of carbonyl (C=O) groups is 3. The zero-order chi connectivity index (χ0) is 19.2. The van der Waals surface area contributed by atoms with Crippen LogP contribution in [0, 0.1) is 5.92 Å². The monoisotopic (exact) mass is 408 g/mol. The van der Waals surface area contributed by atoms with Crippen molar-refractivity contribution in [2.24, 2.45) is 11.7 Å². The fourth-order valence-electron chi connectivity index (χ4n) is 3.86. The second-order valence-electron chi connectivity index (χ2n) is 7.18. The number of nitrogens with zero attached hydrogens (tertiary/aromatic N) is 2. The van der Waals surface area contributed by atoms with Crippen LogP contribution in [0.5, 0.6) is 0 Å². The van der Waals surface area contributed by atoms with E-state index in [0.29, 0.717) is 39.1 Å². The van der Waals surface area contributed by atoms with Crippen LogP contribution < -0.4 is 16.0 Å². The Labute approximate surface area is 172 Å². The van der Waals surface area contributed by atoms with Gasteiger partial charge in [0, 0.05) is 51.3 Å². The molecular formula is C20H29ClN4O3. The van der Waals surface area contributed by atoms with Crippen LogP contribution in [0.3, 0.4) is 0 Å². The first-order valence-electron chi connectivity index (χ1n) is 9.74. The van der Waals surface area contributed by atoms with Crippen molar-refractivity contribution in [2.45, 2.75) is 32.1 Å². The summed E-state index contributed by atoms with van der Waals surface area (Å²) in [7, 11) is 0. The van der Waals surface area contributed by atoms with E-state index >= 15 is 0 Å². The van der Waals surface area contributed by atoms with Crippen molar-refractivity contribution in [1.29, 1.82) is 0 Å². The van der Waals surface area contributed by atoms with E-state index in [1.807, 2.05) is 24.3 Å². The summed E-state index contributed by atoms with van der Waals surface area (Å²) in [5, 5.41) is 2.81. The SMILES string of the molecule is Cl.NCCNC(=O)C1CCCN(C(=O)CCN2C(=O)CCc3ccccc32)C1. The zero-order valence-corrected chi connectivity index (χ0v) is 16.9. The highest BCUT2D eigenvalue weighted by atomic mass is 35.5. The third kappa shape index (κ3) is 5.23. The van der Waals surface area contributed by atoms with Gasteiger partial charge in [-0.25, -0.2) is 0 Å². The van der Waals surface area contributed by atoms with Gasteiger partial charge in [0.25, 0.3) is 0 Å². The second-order valence-corrected chi connectivity index (χ2v) is 7.18. The minimum Gasteiger partial charge on any atom is -0.355 e. The van der Waals surface area contributed by atoms with E-state index in [0.717, 1.165) is 30.5 Å². The van der Waals surface area contributed by atoms with Crippen molar-refractivity contribution in [1.82, 2.24) is 10.2 Å². The van der Waals surface area contributed by atoms with Crippen LogP contribution in [-0.2, 0) is 20.8 Å². The molecule has 3 N–H and O–H groups in total. The molecule has 0 radical (unpaired) electrons. The molecule has 1 saturated heterocycles. The maximum atomic E-state index is 12.7. The van der Waals surface area contributed by atoms with Crippen LogP contribution in [0.15, 0.2) is 24.3 Å². The van der Waals surface area contributed by atoms with Gasteiger partial charge in [-0.15, -0.1) is 12.4 Å². The number of carbonyl (C=O) groups excluding carboxylic acids is 3. The summed E-state index contributed by atoms with van der Waals surface area (Å²) in [6, 6.07) is 7.87. The number of para-hydroxylation sites is 1. The average molecular weight is 409 g/mol. The number of anilines is 1. The topological polar surface area (TPSA) is 95.7 Å². The molecule has 8 heteroatoms. The highest BCUT2D eigenvalue weighted by Gasteiger charge is 2.29. The fourth-order valence-corrected chi connectivity index (χ4v) is 3.86. The molecule has 1 atom stereocenters. The summed E-state index contributed by atoms with van der Waals surface area (Å²) in [6.07, 6.45) is 3.12. The first kappa shape index (κ1) is 22.2. The number of amides is 3. The van der Waals surface area contributed by atoms with E-state index in [4.69, 9.17) is 5.73 Å². The van der Waals surface area contributed by atoms with Crippen LogP contribution >= 0.6 is 12.4 Å². The number of fused-ring (bicyclic) bond motifs is 1. The molecule has 7 nitrogen and oxygen atoms in total. The van der Waals surface area contributed by atoms with E-state index in [-0.39, 0.29) is 42.5 Å². The van der Waals surface area contributed by atoms with E-state index in [1.165, 1.54) is 0 Å². The highest BCUT2D eigenvalue weighted by Crippen LogP contribution is 2.27. The van der Waals surface area contributed by atoms with Gasteiger partial charge in [0.2, 0.25) is 17.7 Å². The van der Waals surface area contributed by atoms with E-state index in [2.05, 4.69) is 5.32 Å². The quantitative estimate of drug-likeness (QED) is 0.736. The lowest BCUT2D eigenvalue weighted by molar-refractivity contribution is -0.135. The molecule has 154 valence electrons. The Morgan fingerprint density at radius 3 is 2.79 bits per heavy atom. The minimum atomic E-state index is -0.174. The standard InChI is InChI=1S/C20H28N4O3.ClH/c21-10-11-22-20(27)16-5-3-12-23(14-16)18(25)9-13-24-17-6-2-1-4-15(17)7-8-19(24)26;/h1-2,4,6,16H,3,5,7-14,21H2,(H,22,27);1H. The fraction of sp³-hybridized carbons (Fsp3) is 0.550. The molecule has 1 fully saturated rings. The van der Waals surface area contributed by atoms with Gasteiger partial charge < -0.3 is 20.9 Å². The number of nitrogens with two attached hydrogens (primary N) is 1. The summed E-state index contributed by atoms with van der Waals surface area (Å²) < 4.78 is 0. The first-order chi connectivity index (χ1) is 13.1. The van der Waals surface area contributed by atoms with Gasteiger partial charge in [0.15, 0.2) is 0 Å². The van der Waals surface area contributed by atoms with Gasteiger partial charge in [-0.2, -0.15) is 0 Å². The van der Waals surface area contributed by atoms with Gasteiger partial charge in [0.05, 0.1) is 5.92 Å². The zero-order valence-electron chi connectivity index (χ0n) is 16.1. The molecule has 2 heterocycles. The van der Waals surface area contributed by atoms with E-state index < -0.39 is 0 Å². The molecule has 0 spiro atoms. The van der Waals surface area contributed by atoms with Crippen LogP contribution in [0.4, 0.5) is 5.69 Å². The van der Waals surface area contributed by atoms with E-state index in [1.54, 1.807) is 9.80 Å². The van der Waals surface area contributed by atoms with E-state index in [9.17, 15) is 14.4 Å². The predicted octanol–water partition coefficient (Wildman–Crippen LogP) is 1.09.